The van der Waals surface area contributed by atoms with Gasteiger partial charge < -0.3 is 10.4 Å². The van der Waals surface area contributed by atoms with Crippen LogP contribution in [0.15, 0.2) is 60.8 Å². The Hall–Kier alpha value is -3.45. The number of carboxylic acids is 1. The lowest BCUT2D eigenvalue weighted by Crippen LogP contribution is -1.99. The van der Waals surface area contributed by atoms with E-state index in [0.29, 0.717) is 10.6 Å². The van der Waals surface area contributed by atoms with Gasteiger partial charge in [-0.2, -0.15) is 0 Å². The smallest absolute Gasteiger partial charge is 0.335 e. The van der Waals surface area contributed by atoms with Gasteiger partial charge in [0.05, 0.1) is 21.5 Å². The zero-order valence-electron chi connectivity index (χ0n) is 14.3. The number of carboxylic acid groups (broad SMARTS) is 1. The number of carbonyl (C=O) groups is 2. The van der Waals surface area contributed by atoms with E-state index in [4.69, 9.17) is 5.11 Å². The van der Waals surface area contributed by atoms with Gasteiger partial charge in [-0.05, 0) is 37.3 Å². The summed E-state index contributed by atoms with van der Waals surface area (Å²) >= 11 is 1.36. The maximum atomic E-state index is 12.6. The number of thiazole rings is 1. The summed E-state index contributed by atoms with van der Waals surface area (Å²) in [4.78, 5) is 29.6. The van der Waals surface area contributed by atoms with Gasteiger partial charge >= 0.3 is 5.97 Å². The van der Waals surface area contributed by atoms with Crippen molar-refractivity contribution < 1.29 is 14.7 Å². The quantitative estimate of drug-likeness (QED) is 0.399. The fourth-order valence-corrected chi connectivity index (χ4v) is 3.98. The Morgan fingerprint density at radius 2 is 2.00 bits per heavy atom. The molecular weight excluding hydrogens is 362 g/mol. The highest BCUT2D eigenvalue weighted by atomic mass is 32.1. The highest BCUT2D eigenvalue weighted by molar-refractivity contribution is 7.19. The zero-order chi connectivity index (χ0) is 19.0. The van der Waals surface area contributed by atoms with Gasteiger partial charge in [-0.1, -0.05) is 29.5 Å². The second-order valence-corrected chi connectivity index (χ2v) is 6.94. The predicted molar refractivity (Wildman–Crippen MR) is 106 cm³/mol. The first-order valence-corrected chi connectivity index (χ1v) is 9.03. The average molecular weight is 377 g/mol. The van der Waals surface area contributed by atoms with Crippen molar-refractivity contribution in [3.63, 3.8) is 0 Å². The number of anilines is 1. The van der Waals surface area contributed by atoms with Gasteiger partial charge in [0.2, 0.25) is 0 Å². The molecule has 0 fully saturated rings. The molecule has 0 unspecified atom stereocenters. The molecular formula is C20H15N3O3S. The molecule has 6 nitrogen and oxygen atoms in total. The molecule has 2 heterocycles. The van der Waals surface area contributed by atoms with E-state index in [9.17, 15) is 9.59 Å². The maximum Gasteiger partial charge on any atom is 0.335 e. The molecule has 0 amide bonds. The summed E-state index contributed by atoms with van der Waals surface area (Å²) in [5.74, 6) is -1.13. The van der Waals surface area contributed by atoms with Gasteiger partial charge in [-0.25, -0.2) is 9.78 Å². The van der Waals surface area contributed by atoms with Gasteiger partial charge in [-0.3, -0.25) is 9.20 Å². The van der Waals surface area contributed by atoms with Crippen LogP contribution in [-0.2, 0) is 0 Å². The van der Waals surface area contributed by atoms with Crippen LogP contribution < -0.4 is 5.32 Å². The number of aromatic nitrogens is 2. The van der Waals surface area contributed by atoms with Gasteiger partial charge in [0, 0.05) is 23.7 Å². The summed E-state index contributed by atoms with van der Waals surface area (Å²) in [7, 11) is 0. The third-order valence-electron chi connectivity index (χ3n) is 4.21. The molecule has 27 heavy (non-hydrogen) atoms. The van der Waals surface area contributed by atoms with Crippen LogP contribution in [0.2, 0.25) is 0 Å². The van der Waals surface area contributed by atoms with Crippen molar-refractivity contribution in [3.8, 4) is 0 Å². The molecule has 0 atom stereocenters. The first kappa shape index (κ1) is 17.0. The number of hydrogen-bond acceptors (Lipinski definition) is 5. The van der Waals surface area contributed by atoms with Crippen LogP contribution in [0.3, 0.4) is 0 Å². The van der Waals surface area contributed by atoms with E-state index in [2.05, 4.69) is 10.3 Å². The number of para-hydroxylation sites is 2. The molecule has 2 aromatic heterocycles. The summed E-state index contributed by atoms with van der Waals surface area (Å²) in [5, 5.41) is 12.0. The normalized spacial score (nSPS) is 11.4. The van der Waals surface area contributed by atoms with E-state index in [1.807, 2.05) is 35.6 Å². The highest BCUT2D eigenvalue weighted by Gasteiger charge is 2.17. The van der Waals surface area contributed by atoms with E-state index in [1.165, 1.54) is 35.7 Å². The summed E-state index contributed by atoms with van der Waals surface area (Å²) in [6.45, 7) is 1.91. The Labute approximate surface area is 158 Å². The van der Waals surface area contributed by atoms with Crippen molar-refractivity contribution in [2.24, 2.45) is 0 Å². The van der Waals surface area contributed by atoms with Gasteiger partial charge in [0.25, 0.3) is 0 Å². The lowest BCUT2D eigenvalue weighted by Gasteiger charge is -2.01. The Bertz CT molecular complexity index is 1220. The Morgan fingerprint density at radius 3 is 2.81 bits per heavy atom. The maximum absolute atomic E-state index is 12.6. The summed E-state index contributed by atoms with van der Waals surface area (Å²) in [6, 6.07) is 14.2. The topological polar surface area (TPSA) is 83.7 Å². The van der Waals surface area contributed by atoms with Crippen molar-refractivity contribution in [1.29, 1.82) is 0 Å². The summed E-state index contributed by atoms with van der Waals surface area (Å²) in [6.07, 6.45) is 2.96. The molecule has 4 rings (SSSR count). The number of rotatable bonds is 5. The van der Waals surface area contributed by atoms with Crippen LogP contribution in [0.4, 0.5) is 5.69 Å². The number of carbonyl (C=O) groups excluding carboxylic acids is 1. The second kappa shape index (κ2) is 6.69. The molecule has 0 aliphatic rings. The van der Waals surface area contributed by atoms with Crippen molar-refractivity contribution in [2.45, 2.75) is 6.92 Å². The number of allylic oxidation sites excluding steroid dienone is 1. The molecule has 0 saturated heterocycles. The van der Waals surface area contributed by atoms with Crippen LogP contribution in [0.25, 0.3) is 16.0 Å². The van der Waals surface area contributed by atoms with Crippen LogP contribution in [-0.4, -0.2) is 26.2 Å². The van der Waals surface area contributed by atoms with Crippen molar-refractivity contribution in [1.82, 2.24) is 9.38 Å². The van der Waals surface area contributed by atoms with Crippen molar-refractivity contribution in [3.05, 3.63) is 76.9 Å². The number of ketones is 1. The second-order valence-electron chi connectivity index (χ2n) is 5.96. The molecule has 7 heteroatoms. The fourth-order valence-electron chi connectivity index (χ4n) is 2.92. The standard InChI is InChI=1S/C20H15N3O3S/c1-12-18(27-20-22-15-7-2-3-8-16(15)23(12)20)17(24)9-10-21-14-6-4-5-13(11-14)19(25)26/h2-11,21H,1H3,(H,25,26)/b10-9+. The summed E-state index contributed by atoms with van der Waals surface area (Å²) in [5.41, 5.74) is 3.52. The van der Waals surface area contributed by atoms with E-state index in [0.717, 1.165) is 21.7 Å². The average Bonchev–Trinajstić information content (AvgIpc) is 3.18. The van der Waals surface area contributed by atoms with E-state index in [1.54, 1.807) is 12.1 Å². The van der Waals surface area contributed by atoms with Crippen molar-refractivity contribution >= 4 is 44.8 Å². The zero-order valence-corrected chi connectivity index (χ0v) is 15.2. The number of benzene rings is 2. The molecule has 134 valence electrons. The minimum Gasteiger partial charge on any atom is -0.478 e. The first-order chi connectivity index (χ1) is 13.0. The number of imidazole rings is 1. The Morgan fingerprint density at radius 1 is 1.19 bits per heavy atom. The monoisotopic (exact) mass is 377 g/mol. The van der Waals surface area contributed by atoms with Crippen LogP contribution in [0.1, 0.15) is 25.7 Å². The number of nitrogens with one attached hydrogen (secondary N) is 1. The Balaban J connectivity index is 1.58. The third-order valence-corrected chi connectivity index (χ3v) is 5.36. The number of aromatic carboxylic acids is 1. The number of hydrogen-bond donors (Lipinski definition) is 2. The fraction of sp³-hybridized carbons (Fsp3) is 0.0500. The lowest BCUT2D eigenvalue weighted by molar-refractivity contribution is 0.0696. The minimum atomic E-state index is -0.997. The number of fused-ring (bicyclic) bond motifs is 3. The molecule has 0 aliphatic carbocycles. The van der Waals surface area contributed by atoms with Crippen LogP contribution in [0, 0.1) is 6.92 Å². The molecule has 2 aromatic carbocycles. The van der Waals surface area contributed by atoms with Gasteiger partial charge in [-0.15, -0.1) is 0 Å². The van der Waals surface area contributed by atoms with Gasteiger partial charge in [0.1, 0.15) is 0 Å². The molecule has 2 N–H and O–H groups in total. The van der Waals surface area contributed by atoms with E-state index >= 15 is 0 Å². The van der Waals surface area contributed by atoms with Crippen LogP contribution in [0.5, 0.6) is 0 Å². The molecule has 4 aromatic rings. The van der Waals surface area contributed by atoms with E-state index < -0.39 is 5.97 Å². The molecule has 0 radical (unpaired) electrons. The summed E-state index contributed by atoms with van der Waals surface area (Å²) < 4.78 is 1.99. The molecule has 0 saturated carbocycles. The molecule has 0 spiro atoms. The third kappa shape index (κ3) is 3.09. The molecule has 0 aliphatic heterocycles. The van der Waals surface area contributed by atoms with Crippen molar-refractivity contribution in [2.75, 3.05) is 5.32 Å². The number of nitrogens with zero attached hydrogens (tertiary/aromatic N) is 2. The first-order valence-electron chi connectivity index (χ1n) is 8.22. The Kier molecular flexibility index (Phi) is 4.21. The predicted octanol–water partition coefficient (Wildman–Crippen LogP) is 4.36. The van der Waals surface area contributed by atoms with Crippen LogP contribution >= 0.6 is 11.3 Å². The lowest BCUT2D eigenvalue weighted by atomic mass is 10.2. The van der Waals surface area contributed by atoms with E-state index in [-0.39, 0.29) is 11.3 Å². The highest BCUT2D eigenvalue weighted by Crippen LogP contribution is 2.28. The molecule has 0 bridgehead atoms. The number of aryl methyl sites for hydroxylation is 1. The SMILES string of the molecule is Cc1c(C(=O)/C=C/Nc2cccc(C(=O)O)c2)sc2nc3ccccc3n12. The largest absolute Gasteiger partial charge is 0.478 e. The van der Waals surface area contributed by atoms with Gasteiger partial charge in [0.15, 0.2) is 10.7 Å². The minimum absolute atomic E-state index is 0.131.